The minimum atomic E-state index is -0.413. The Hall–Kier alpha value is -1.06. The van der Waals surface area contributed by atoms with Crippen molar-refractivity contribution in [3.05, 3.63) is 63.4 Å². The van der Waals surface area contributed by atoms with Crippen LogP contribution in [0.2, 0.25) is 5.02 Å². The molecule has 0 amide bonds. The fourth-order valence-corrected chi connectivity index (χ4v) is 2.66. The molecule has 2 rings (SSSR count). The topological polar surface area (TPSA) is 9.23 Å². The van der Waals surface area contributed by atoms with Gasteiger partial charge in [0.05, 0.1) is 5.02 Å². The lowest BCUT2D eigenvalue weighted by Gasteiger charge is -2.14. The van der Waals surface area contributed by atoms with Crippen LogP contribution in [0.4, 0.5) is 4.39 Å². The van der Waals surface area contributed by atoms with Gasteiger partial charge in [0, 0.05) is 5.33 Å². The van der Waals surface area contributed by atoms with E-state index in [0.717, 1.165) is 27.8 Å². The van der Waals surface area contributed by atoms with Gasteiger partial charge in [-0.1, -0.05) is 45.7 Å². The average Bonchev–Trinajstić information content (AvgIpc) is 2.41. The Morgan fingerprint density at radius 2 is 1.75 bits per heavy atom. The molecule has 0 saturated carbocycles. The average molecular weight is 358 g/mol. The van der Waals surface area contributed by atoms with Crippen molar-refractivity contribution >= 4 is 27.5 Å². The van der Waals surface area contributed by atoms with Gasteiger partial charge in [-0.25, -0.2) is 4.39 Å². The summed E-state index contributed by atoms with van der Waals surface area (Å²) in [5.41, 5.74) is 4.25. The Morgan fingerprint density at radius 1 is 1.10 bits per heavy atom. The van der Waals surface area contributed by atoms with E-state index in [2.05, 4.69) is 28.1 Å². The molecule has 0 saturated heterocycles. The highest BCUT2D eigenvalue weighted by molar-refractivity contribution is 9.08. The van der Waals surface area contributed by atoms with E-state index in [1.165, 1.54) is 11.6 Å². The number of halogens is 3. The SMILES string of the molecule is Cc1cc(CBr)cc(C)c1OCc1ccc(F)c(Cl)c1. The van der Waals surface area contributed by atoms with Gasteiger partial charge in [0.25, 0.3) is 0 Å². The van der Waals surface area contributed by atoms with Crippen LogP contribution in [0.25, 0.3) is 0 Å². The zero-order valence-corrected chi connectivity index (χ0v) is 13.7. The fraction of sp³-hybridized carbons (Fsp3) is 0.250. The van der Waals surface area contributed by atoms with Crippen LogP contribution in [0.3, 0.4) is 0 Å². The molecule has 0 N–H and O–H groups in total. The largest absolute Gasteiger partial charge is 0.488 e. The van der Waals surface area contributed by atoms with Crippen molar-refractivity contribution < 1.29 is 9.13 Å². The first kappa shape index (κ1) is 15.3. The van der Waals surface area contributed by atoms with Gasteiger partial charge in [-0.15, -0.1) is 0 Å². The van der Waals surface area contributed by atoms with Crippen molar-refractivity contribution in [3.63, 3.8) is 0 Å². The number of ether oxygens (including phenoxy) is 1. The molecule has 1 nitrogen and oxygen atoms in total. The summed E-state index contributed by atoms with van der Waals surface area (Å²) in [5.74, 6) is 0.458. The molecule has 2 aromatic rings. The first-order valence-corrected chi connectivity index (χ1v) is 7.74. The molecule has 0 radical (unpaired) electrons. The third-order valence-electron chi connectivity index (χ3n) is 3.04. The number of aryl methyl sites for hydroxylation is 2. The highest BCUT2D eigenvalue weighted by atomic mass is 79.9. The van der Waals surface area contributed by atoms with Crippen LogP contribution < -0.4 is 4.74 Å². The van der Waals surface area contributed by atoms with Gasteiger partial charge in [-0.05, 0) is 48.2 Å². The molecule has 0 atom stereocenters. The van der Waals surface area contributed by atoms with Gasteiger partial charge in [0.2, 0.25) is 0 Å². The number of alkyl halides is 1. The second-order valence-corrected chi connectivity index (χ2v) is 5.70. The Kier molecular flexibility index (Phi) is 5.06. The van der Waals surface area contributed by atoms with E-state index in [-0.39, 0.29) is 5.02 Å². The van der Waals surface area contributed by atoms with Crippen LogP contribution in [-0.4, -0.2) is 0 Å². The van der Waals surface area contributed by atoms with Crippen LogP contribution in [-0.2, 0) is 11.9 Å². The lowest BCUT2D eigenvalue weighted by Crippen LogP contribution is -2.00. The molecule has 0 spiro atoms. The van der Waals surface area contributed by atoms with Gasteiger partial charge in [-0.3, -0.25) is 0 Å². The molecule has 0 unspecified atom stereocenters. The van der Waals surface area contributed by atoms with Crippen molar-refractivity contribution in [2.75, 3.05) is 0 Å². The molecule has 20 heavy (non-hydrogen) atoms. The van der Waals surface area contributed by atoms with Crippen LogP contribution in [0, 0.1) is 19.7 Å². The van der Waals surface area contributed by atoms with Crippen molar-refractivity contribution in [3.8, 4) is 5.75 Å². The lowest BCUT2D eigenvalue weighted by molar-refractivity contribution is 0.301. The zero-order chi connectivity index (χ0) is 14.7. The smallest absolute Gasteiger partial charge is 0.141 e. The quantitative estimate of drug-likeness (QED) is 0.650. The Balaban J connectivity index is 2.16. The third kappa shape index (κ3) is 3.53. The van der Waals surface area contributed by atoms with Gasteiger partial charge in [0.15, 0.2) is 0 Å². The lowest BCUT2D eigenvalue weighted by atomic mass is 10.1. The summed E-state index contributed by atoms with van der Waals surface area (Å²) in [6, 6.07) is 8.81. The van der Waals surface area contributed by atoms with Crippen LogP contribution in [0.15, 0.2) is 30.3 Å². The molecule has 0 aromatic heterocycles. The Labute approximate surface area is 131 Å². The van der Waals surface area contributed by atoms with Crippen molar-refractivity contribution in [1.29, 1.82) is 0 Å². The molecular formula is C16H15BrClFO. The highest BCUT2D eigenvalue weighted by Crippen LogP contribution is 2.27. The summed E-state index contributed by atoms with van der Waals surface area (Å²) in [6.45, 7) is 4.41. The number of hydrogen-bond acceptors (Lipinski definition) is 1. The zero-order valence-electron chi connectivity index (χ0n) is 11.3. The summed E-state index contributed by atoms with van der Waals surface area (Å²) >= 11 is 9.21. The second-order valence-electron chi connectivity index (χ2n) is 4.73. The highest BCUT2D eigenvalue weighted by Gasteiger charge is 2.07. The molecule has 0 fully saturated rings. The maximum Gasteiger partial charge on any atom is 0.141 e. The second kappa shape index (κ2) is 6.59. The minimum Gasteiger partial charge on any atom is -0.488 e. The van der Waals surface area contributed by atoms with Crippen molar-refractivity contribution in [1.82, 2.24) is 0 Å². The molecule has 2 aromatic carbocycles. The van der Waals surface area contributed by atoms with Crippen molar-refractivity contribution in [2.45, 2.75) is 25.8 Å². The normalized spacial score (nSPS) is 10.7. The van der Waals surface area contributed by atoms with Gasteiger partial charge in [0.1, 0.15) is 18.2 Å². The molecule has 0 bridgehead atoms. The molecule has 106 valence electrons. The first-order chi connectivity index (χ1) is 9.51. The first-order valence-electron chi connectivity index (χ1n) is 6.24. The number of rotatable bonds is 4. The predicted molar refractivity (Wildman–Crippen MR) is 84.3 cm³/mol. The standard InChI is InChI=1S/C16H15BrClFO/c1-10-5-13(8-17)6-11(2)16(10)20-9-12-3-4-15(19)14(18)7-12/h3-7H,8-9H2,1-2H3. The summed E-state index contributed by atoms with van der Waals surface area (Å²) in [4.78, 5) is 0. The van der Waals surface area contributed by atoms with Gasteiger partial charge in [-0.2, -0.15) is 0 Å². The van der Waals surface area contributed by atoms with Crippen LogP contribution in [0.1, 0.15) is 22.3 Å². The molecule has 0 aliphatic carbocycles. The van der Waals surface area contributed by atoms with E-state index in [0.29, 0.717) is 6.61 Å². The summed E-state index contributed by atoms with van der Waals surface area (Å²) in [6.07, 6.45) is 0. The number of hydrogen-bond donors (Lipinski definition) is 0. The van der Waals surface area contributed by atoms with E-state index in [9.17, 15) is 4.39 Å². The van der Waals surface area contributed by atoms with Crippen LogP contribution >= 0.6 is 27.5 Å². The van der Waals surface area contributed by atoms with E-state index in [1.807, 2.05) is 13.8 Å². The summed E-state index contributed by atoms with van der Waals surface area (Å²) in [5, 5.41) is 0.942. The van der Waals surface area contributed by atoms with E-state index in [1.54, 1.807) is 12.1 Å². The van der Waals surface area contributed by atoms with E-state index in [4.69, 9.17) is 16.3 Å². The molecular weight excluding hydrogens is 343 g/mol. The van der Waals surface area contributed by atoms with Gasteiger partial charge < -0.3 is 4.74 Å². The van der Waals surface area contributed by atoms with Crippen LogP contribution in [0.5, 0.6) is 5.75 Å². The molecule has 0 aliphatic heterocycles. The monoisotopic (exact) mass is 356 g/mol. The maximum atomic E-state index is 13.1. The van der Waals surface area contributed by atoms with E-state index >= 15 is 0 Å². The summed E-state index contributed by atoms with van der Waals surface area (Å²) < 4.78 is 18.9. The molecule has 0 heterocycles. The Bertz CT molecular complexity index is 605. The molecule has 0 aliphatic rings. The minimum absolute atomic E-state index is 0.120. The summed E-state index contributed by atoms with van der Waals surface area (Å²) in [7, 11) is 0. The predicted octanol–water partition coefficient (Wildman–Crippen LogP) is 5.57. The maximum absolute atomic E-state index is 13.1. The van der Waals surface area contributed by atoms with Gasteiger partial charge >= 0.3 is 0 Å². The fourth-order valence-electron chi connectivity index (χ4n) is 2.13. The Morgan fingerprint density at radius 3 is 2.30 bits per heavy atom. The van der Waals surface area contributed by atoms with Crippen molar-refractivity contribution in [2.24, 2.45) is 0 Å². The van der Waals surface area contributed by atoms with E-state index < -0.39 is 5.82 Å². The third-order valence-corrected chi connectivity index (χ3v) is 3.98. The molecule has 4 heteroatoms. The number of benzene rings is 2.